The first-order valence-corrected chi connectivity index (χ1v) is 4.99. The van der Waals surface area contributed by atoms with Gasteiger partial charge in [0.05, 0.1) is 11.9 Å². The summed E-state index contributed by atoms with van der Waals surface area (Å²) in [5.41, 5.74) is -0.190. The number of rotatable bonds is 2. The van der Waals surface area contributed by atoms with E-state index in [0.717, 1.165) is 4.57 Å². The standard InChI is InChI=1S/C11H9F3N2O/c12-11(13,14)5-6-16-9-4-2-1-3-8(9)7-15-10(16)17/h1-4,7H,5-6H2. The zero-order valence-electron chi connectivity index (χ0n) is 8.74. The van der Waals surface area contributed by atoms with E-state index in [1.54, 1.807) is 24.3 Å². The molecule has 0 atom stereocenters. The number of para-hydroxylation sites is 1. The van der Waals surface area contributed by atoms with Gasteiger partial charge in [0.1, 0.15) is 0 Å². The minimum atomic E-state index is -4.28. The molecule has 90 valence electrons. The largest absolute Gasteiger partial charge is 0.390 e. The van der Waals surface area contributed by atoms with Crippen molar-refractivity contribution in [1.82, 2.24) is 9.55 Å². The molecule has 2 aromatic rings. The fraction of sp³-hybridized carbons (Fsp3) is 0.273. The molecule has 0 bridgehead atoms. The minimum absolute atomic E-state index is 0.406. The van der Waals surface area contributed by atoms with Crippen LogP contribution in [-0.4, -0.2) is 15.7 Å². The Hall–Kier alpha value is -1.85. The van der Waals surface area contributed by atoms with Gasteiger partial charge in [0.2, 0.25) is 0 Å². The number of hydrogen-bond acceptors (Lipinski definition) is 2. The van der Waals surface area contributed by atoms with E-state index in [1.807, 2.05) is 0 Å². The van der Waals surface area contributed by atoms with Crippen molar-refractivity contribution in [3.8, 4) is 0 Å². The Morgan fingerprint density at radius 2 is 1.94 bits per heavy atom. The Labute approximate surface area is 94.5 Å². The maximum atomic E-state index is 12.1. The van der Waals surface area contributed by atoms with E-state index < -0.39 is 24.8 Å². The molecule has 0 saturated carbocycles. The van der Waals surface area contributed by atoms with Gasteiger partial charge in [0.15, 0.2) is 0 Å². The third-order valence-electron chi connectivity index (χ3n) is 2.39. The second kappa shape index (κ2) is 4.20. The quantitative estimate of drug-likeness (QED) is 0.810. The normalized spacial score (nSPS) is 11.9. The zero-order chi connectivity index (χ0) is 12.5. The Balaban J connectivity index is 2.45. The molecule has 0 fully saturated rings. The Bertz CT molecular complexity index is 589. The molecule has 17 heavy (non-hydrogen) atoms. The molecule has 0 spiro atoms. The van der Waals surface area contributed by atoms with Gasteiger partial charge in [-0.3, -0.25) is 4.57 Å². The van der Waals surface area contributed by atoms with Crippen LogP contribution in [0.2, 0.25) is 0 Å². The number of nitrogens with zero attached hydrogens (tertiary/aromatic N) is 2. The SMILES string of the molecule is O=c1ncc2ccccc2n1CCC(F)(F)F. The van der Waals surface area contributed by atoms with Gasteiger partial charge in [0.25, 0.3) is 0 Å². The van der Waals surface area contributed by atoms with Gasteiger partial charge < -0.3 is 0 Å². The molecule has 0 radical (unpaired) electrons. The highest BCUT2D eigenvalue weighted by molar-refractivity contribution is 5.77. The number of halogens is 3. The second-order valence-corrected chi connectivity index (χ2v) is 3.62. The van der Waals surface area contributed by atoms with Crippen LogP contribution < -0.4 is 5.69 Å². The van der Waals surface area contributed by atoms with Crippen LogP contribution >= 0.6 is 0 Å². The van der Waals surface area contributed by atoms with Crippen molar-refractivity contribution in [2.24, 2.45) is 0 Å². The van der Waals surface area contributed by atoms with Gasteiger partial charge >= 0.3 is 11.9 Å². The fourth-order valence-electron chi connectivity index (χ4n) is 1.59. The lowest BCUT2D eigenvalue weighted by atomic mass is 10.2. The van der Waals surface area contributed by atoms with E-state index in [4.69, 9.17) is 0 Å². The highest BCUT2D eigenvalue weighted by atomic mass is 19.4. The summed E-state index contributed by atoms with van der Waals surface area (Å²) < 4.78 is 37.5. The predicted octanol–water partition coefficient (Wildman–Crippen LogP) is 2.35. The van der Waals surface area contributed by atoms with E-state index in [9.17, 15) is 18.0 Å². The maximum Gasteiger partial charge on any atom is 0.390 e. The molecule has 0 unspecified atom stereocenters. The molecule has 3 nitrogen and oxygen atoms in total. The highest BCUT2D eigenvalue weighted by Crippen LogP contribution is 2.21. The second-order valence-electron chi connectivity index (χ2n) is 3.62. The lowest BCUT2D eigenvalue weighted by Gasteiger charge is -2.10. The monoisotopic (exact) mass is 242 g/mol. The van der Waals surface area contributed by atoms with Crippen LogP contribution in [0.15, 0.2) is 35.3 Å². The van der Waals surface area contributed by atoms with Crippen molar-refractivity contribution in [3.05, 3.63) is 40.9 Å². The van der Waals surface area contributed by atoms with Gasteiger partial charge in [-0.25, -0.2) is 9.78 Å². The lowest BCUT2D eigenvalue weighted by molar-refractivity contribution is -0.136. The summed E-state index contributed by atoms with van der Waals surface area (Å²) in [6.45, 7) is -0.406. The fourth-order valence-corrected chi connectivity index (χ4v) is 1.59. The molecular formula is C11H9F3N2O. The summed E-state index contributed by atoms with van der Waals surface area (Å²) in [5.74, 6) is 0. The number of aromatic nitrogens is 2. The smallest absolute Gasteiger partial charge is 0.292 e. The average Bonchev–Trinajstić information content (AvgIpc) is 2.26. The molecule has 0 aliphatic carbocycles. The van der Waals surface area contributed by atoms with Crippen molar-refractivity contribution in [1.29, 1.82) is 0 Å². The van der Waals surface area contributed by atoms with Crippen molar-refractivity contribution in [2.75, 3.05) is 0 Å². The van der Waals surface area contributed by atoms with Gasteiger partial charge in [-0.2, -0.15) is 13.2 Å². The first-order valence-electron chi connectivity index (χ1n) is 4.99. The van der Waals surface area contributed by atoms with Crippen molar-refractivity contribution in [2.45, 2.75) is 19.1 Å². The van der Waals surface area contributed by atoms with Gasteiger partial charge in [-0.05, 0) is 6.07 Å². The number of hydrogen-bond donors (Lipinski definition) is 0. The van der Waals surface area contributed by atoms with Crippen LogP contribution in [0.25, 0.3) is 10.9 Å². The molecule has 1 heterocycles. The molecule has 1 aromatic carbocycles. The van der Waals surface area contributed by atoms with Gasteiger partial charge in [-0.1, -0.05) is 18.2 Å². The number of alkyl halides is 3. The van der Waals surface area contributed by atoms with Crippen molar-refractivity contribution in [3.63, 3.8) is 0 Å². The van der Waals surface area contributed by atoms with E-state index in [2.05, 4.69) is 4.98 Å². The van der Waals surface area contributed by atoms with Gasteiger partial charge in [0, 0.05) is 18.1 Å². The van der Waals surface area contributed by atoms with Gasteiger partial charge in [-0.15, -0.1) is 0 Å². The summed E-state index contributed by atoms with van der Waals surface area (Å²) in [7, 11) is 0. The summed E-state index contributed by atoms with van der Waals surface area (Å²) in [6.07, 6.45) is -3.96. The first kappa shape index (κ1) is 11.6. The minimum Gasteiger partial charge on any atom is -0.292 e. The summed E-state index contributed by atoms with van der Waals surface area (Å²) in [4.78, 5) is 15.0. The maximum absolute atomic E-state index is 12.1. The molecule has 0 N–H and O–H groups in total. The van der Waals surface area contributed by atoms with E-state index >= 15 is 0 Å². The molecule has 0 aliphatic rings. The Morgan fingerprint density at radius 1 is 1.24 bits per heavy atom. The Kier molecular flexibility index (Phi) is 2.87. The van der Waals surface area contributed by atoms with Crippen LogP contribution in [-0.2, 0) is 6.54 Å². The Morgan fingerprint density at radius 3 is 2.65 bits per heavy atom. The van der Waals surface area contributed by atoms with Crippen molar-refractivity contribution < 1.29 is 13.2 Å². The summed E-state index contributed by atoms with van der Waals surface area (Å²) in [5, 5.41) is 0.647. The van der Waals surface area contributed by atoms with Crippen LogP contribution in [0.4, 0.5) is 13.2 Å². The van der Waals surface area contributed by atoms with E-state index in [-0.39, 0.29) is 0 Å². The average molecular weight is 242 g/mol. The summed E-state index contributed by atoms with van der Waals surface area (Å²) >= 11 is 0. The van der Waals surface area contributed by atoms with Crippen molar-refractivity contribution >= 4 is 10.9 Å². The van der Waals surface area contributed by atoms with Crippen LogP contribution in [0.3, 0.4) is 0 Å². The zero-order valence-corrected chi connectivity index (χ0v) is 8.74. The van der Waals surface area contributed by atoms with Crippen LogP contribution in [0.5, 0.6) is 0 Å². The number of benzene rings is 1. The highest BCUT2D eigenvalue weighted by Gasteiger charge is 2.27. The molecule has 1 aromatic heterocycles. The molecule has 2 rings (SSSR count). The summed E-state index contributed by atoms with van der Waals surface area (Å²) in [6, 6.07) is 6.72. The molecular weight excluding hydrogens is 233 g/mol. The van der Waals surface area contributed by atoms with Crippen LogP contribution in [0.1, 0.15) is 6.42 Å². The first-order chi connectivity index (χ1) is 7.97. The topological polar surface area (TPSA) is 34.9 Å². The molecule has 6 heteroatoms. The third kappa shape index (κ3) is 2.64. The number of aryl methyl sites for hydroxylation is 1. The number of fused-ring (bicyclic) bond motifs is 1. The lowest BCUT2D eigenvalue weighted by Crippen LogP contribution is -2.25. The third-order valence-corrected chi connectivity index (χ3v) is 2.39. The molecule has 0 amide bonds. The van der Waals surface area contributed by atoms with E-state index in [0.29, 0.717) is 10.9 Å². The van der Waals surface area contributed by atoms with Crippen LogP contribution in [0, 0.1) is 0 Å². The molecule has 0 saturated heterocycles. The van der Waals surface area contributed by atoms with E-state index in [1.165, 1.54) is 6.20 Å². The predicted molar refractivity (Wildman–Crippen MR) is 56.7 cm³/mol. The molecule has 0 aliphatic heterocycles.